The highest BCUT2D eigenvalue weighted by molar-refractivity contribution is 5.97. The summed E-state index contributed by atoms with van der Waals surface area (Å²) in [6.07, 6.45) is 0.713. The summed E-state index contributed by atoms with van der Waals surface area (Å²) in [6.45, 7) is 3.54. The smallest absolute Gasteiger partial charge is 0.251 e. The number of rotatable bonds is 7. The molecule has 0 aliphatic heterocycles. The second-order valence-electron chi connectivity index (χ2n) is 4.88. The highest BCUT2D eigenvalue weighted by atomic mass is 16.2. The van der Waals surface area contributed by atoms with Crippen molar-refractivity contribution < 1.29 is 14.4 Å². The zero-order valence-corrected chi connectivity index (χ0v) is 12.3. The molecule has 0 fully saturated rings. The summed E-state index contributed by atoms with van der Waals surface area (Å²) in [5, 5.41) is 5.04. The SMILES string of the molecule is CCC(C)C(NC(=O)CNC(=O)c1ccccc1)C(N)=O. The zero-order valence-electron chi connectivity index (χ0n) is 12.3. The second-order valence-corrected chi connectivity index (χ2v) is 4.88. The van der Waals surface area contributed by atoms with Crippen LogP contribution >= 0.6 is 0 Å². The zero-order chi connectivity index (χ0) is 15.8. The van der Waals surface area contributed by atoms with Gasteiger partial charge in [0.2, 0.25) is 11.8 Å². The number of nitrogens with two attached hydrogens (primary N) is 1. The van der Waals surface area contributed by atoms with Crippen LogP contribution < -0.4 is 16.4 Å². The maximum atomic E-state index is 11.8. The second kappa shape index (κ2) is 8.04. The molecule has 0 aromatic heterocycles. The van der Waals surface area contributed by atoms with E-state index in [4.69, 9.17) is 5.73 Å². The van der Waals surface area contributed by atoms with Gasteiger partial charge in [-0.05, 0) is 18.1 Å². The first-order valence-electron chi connectivity index (χ1n) is 6.87. The summed E-state index contributed by atoms with van der Waals surface area (Å²) in [5.41, 5.74) is 5.74. The fraction of sp³-hybridized carbons (Fsp3) is 0.400. The number of amides is 3. The van der Waals surface area contributed by atoms with E-state index in [2.05, 4.69) is 10.6 Å². The molecule has 0 spiro atoms. The van der Waals surface area contributed by atoms with Crippen LogP contribution in [0.2, 0.25) is 0 Å². The van der Waals surface area contributed by atoms with Gasteiger partial charge in [-0.1, -0.05) is 38.5 Å². The summed E-state index contributed by atoms with van der Waals surface area (Å²) in [6, 6.07) is 7.85. The van der Waals surface area contributed by atoms with Gasteiger partial charge >= 0.3 is 0 Å². The van der Waals surface area contributed by atoms with E-state index in [1.165, 1.54) is 0 Å². The number of carbonyl (C=O) groups excluding carboxylic acids is 3. The third-order valence-electron chi connectivity index (χ3n) is 3.28. The number of hydrogen-bond donors (Lipinski definition) is 3. The molecule has 0 aliphatic rings. The van der Waals surface area contributed by atoms with E-state index >= 15 is 0 Å². The van der Waals surface area contributed by atoms with Crippen molar-refractivity contribution in [1.29, 1.82) is 0 Å². The molecule has 21 heavy (non-hydrogen) atoms. The third-order valence-corrected chi connectivity index (χ3v) is 3.28. The average molecular weight is 291 g/mol. The van der Waals surface area contributed by atoms with Gasteiger partial charge in [0.25, 0.3) is 5.91 Å². The van der Waals surface area contributed by atoms with Crippen molar-refractivity contribution in [2.75, 3.05) is 6.54 Å². The van der Waals surface area contributed by atoms with Gasteiger partial charge in [0.05, 0.1) is 6.54 Å². The number of primary amides is 1. The van der Waals surface area contributed by atoms with E-state index in [9.17, 15) is 14.4 Å². The highest BCUT2D eigenvalue weighted by Gasteiger charge is 2.23. The molecular weight excluding hydrogens is 270 g/mol. The Labute approximate surface area is 124 Å². The van der Waals surface area contributed by atoms with Crippen LogP contribution in [0.1, 0.15) is 30.6 Å². The van der Waals surface area contributed by atoms with E-state index in [1.54, 1.807) is 30.3 Å². The summed E-state index contributed by atoms with van der Waals surface area (Å²) in [7, 11) is 0. The largest absolute Gasteiger partial charge is 0.368 e. The average Bonchev–Trinajstić information content (AvgIpc) is 2.50. The van der Waals surface area contributed by atoms with E-state index in [-0.39, 0.29) is 18.4 Å². The molecule has 0 heterocycles. The van der Waals surface area contributed by atoms with E-state index < -0.39 is 17.9 Å². The lowest BCUT2D eigenvalue weighted by Crippen LogP contribution is -2.50. The third kappa shape index (κ3) is 5.25. The first-order chi connectivity index (χ1) is 9.95. The van der Waals surface area contributed by atoms with Gasteiger partial charge in [0.15, 0.2) is 0 Å². The van der Waals surface area contributed by atoms with Gasteiger partial charge < -0.3 is 16.4 Å². The van der Waals surface area contributed by atoms with Gasteiger partial charge in [0, 0.05) is 5.56 Å². The van der Waals surface area contributed by atoms with Crippen molar-refractivity contribution in [2.45, 2.75) is 26.3 Å². The molecular formula is C15H21N3O3. The van der Waals surface area contributed by atoms with Crippen molar-refractivity contribution in [3.8, 4) is 0 Å². The van der Waals surface area contributed by atoms with Gasteiger partial charge in [-0.25, -0.2) is 0 Å². The van der Waals surface area contributed by atoms with E-state index in [0.29, 0.717) is 12.0 Å². The van der Waals surface area contributed by atoms with Gasteiger partial charge in [-0.3, -0.25) is 14.4 Å². The fourth-order valence-corrected chi connectivity index (χ4v) is 1.81. The topological polar surface area (TPSA) is 101 Å². The quantitative estimate of drug-likeness (QED) is 0.679. The fourth-order valence-electron chi connectivity index (χ4n) is 1.81. The standard InChI is InChI=1S/C15H21N3O3/c1-3-10(2)13(14(16)20)18-12(19)9-17-15(21)11-7-5-4-6-8-11/h4-8,10,13H,3,9H2,1-2H3,(H2,16,20)(H,17,21)(H,18,19). The molecule has 6 heteroatoms. The van der Waals surface area contributed by atoms with Crippen molar-refractivity contribution in [3.63, 3.8) is 0 Å². The molecule has 1 aromatic carbocycles. The Morgan fingerprint density at radius 1 is 1.19 bits per heavy atom. The van der Waals surface area contributed by atoms with Gasteiger partial charge in [-0.2, -0.15) is 0 Å². The molecule has 1 aromatic rings. The first-order valence-corrected chi connectivity index (χ1v) is 6.87. The van der Waals surface area contributed by atoms with Crippen LogP contribution in [0.3, 0.4) is 0 Å². The molecule has 2 atom stereocenters. The molecule has 0 bridgehead atoms. The van der Waals surface area contributed by atoms with Crippen LogP contribution in [0.25, 0.3) is 0 Å². The Morgan fingerprint density at radius 3 is 2.33 bits per heavy atom. The van der Waals surface area contributed by atoms with Crippen LogP contribution in [0.4, 0.5) is 0 Å². The Bertz CT molecular complexity index is 502. The number of nitrogens with one attached hydrogen (secondary N) is 2. The number of benzene rings is 1. The predicted octanol–water partition coefficient (Wildman–Crippen LogP) is 0.433. The molecule has 0 radical (unpaired) electrons. The van der Waals surface area contributed by atoms with Crippen LogP contribution in [0, 0.1) is 5.92 Å². The maximum absolute atomic E-state index is 11.8. The van der Waals surface area contributed by atoms with Crippen LogP contribution in [-0.2, 0) is 9.59 Å². The predicted molar refractivity (Wildman–Crippen MR) is 79.4 cm³/mol. The Morgan fingerprint density at radius 2 is 1.81 bits per heavy atom. The molecule has 1 rings (SSSR count). The van der Waals surface area contributed by atoms with E-state index in [0.717, 1.165) is 0 Å². The molecule has 6 nitrogen and oxygen atoms in total. The summed E-state index contributed by atoms with van der Waals surface area (Å²) >= 11 is 0. The minimum Gasteiger partial charge on any atom is -0.368 e. The maximum Gasteiger partial charge on any atom is 0.251 e. The van der Waals surface area contributed by atoms with Crippen LogP contribution in [0.15, 0.2) is 30.3 Å². The molecule has 4 N–H and O–H groups in total. The lowest BCUT2D eigenvalue weighted by molar-refractivity contribution is -0.127. The summed E-state index contributed by atoms with van der Waals surface area (Å²) < 4.78 is 0. The first kappa shape index (κ1) is 16.7. The van der Waals surface area contributed by atoms with Gasteiger partial charge in [-0.15, -0.1) is 0 Å². The Hall–Kier alpha value is -2.37. The van der Waals surface area contributed by atoms with Gasteiger partial charge in [0.1, 0.15) is 6.04 Å². The van der Waals surface area contributed by atoms with Crippen LogP contribution in [-0.4, -0.2) is 30.3 Å². The van der Waals surface area contributed by atoms with Crippen molar-refractivity contribution >= 4 is 17.7 Å². The summed E-state index contributed by atoms with van der Waals surface area (Å²) in [5.74, 6) is -1.42. The monoisotopic (exact) mass is 291 g/mol. The van der Waals surface area contributed by atoms with Crippen molar-refractivity contribution in [1.82, 2.24) is 10.6 Å². The molecule has 0 aliphatic carbocycles. The molecule has 0 saturated carbocycles. The minimum atomic E-state index is -0.726. The molecule has 0 saturated heterocycles. The molecule has 114 valence electrons. The Kier molecular flexibility index (Phi) is 6.39. The lowest BCUT2D eigenvalue weighted by atomic mass is 9.98. The lowest BCUT2D eigenvalue weighted by Gasteiger charge is -2.21. The molecule has 3 amide bonds. The molecule has 2 unspecified atom stereocenters. The minimum absolute atomic E-state index is 0.0590. The highest BCUT2D eigenvalue weighted by Crippen LogP contribution is 2.06. The van der Waals surface area contributed by atoms with E-state index in [1.807, 2.05) is 13.8 Å². The Balaban J connectivity index is 2.50. The normalized spacial score (nSPS) is 13.0. The van der Waals surface area contributed by atoms with Crippen LogP contribution in [0.5, 0.6) is 0 Å². The van der Waals surface area contributed by atoms with Crippen molar-refractivity contribution in [3.05, 3.63) is 35.9 Å². The number of hydrogen-bond acceptors (Lipinski definition) is 3. The summed E-state index contributed by atoms with van der Waals surface area (Å²) in [4.78, 5) is 34.9. The van der Waals surface area contributed by atoms with Crippen molar-refractivity contribution in [2.24, 2.45) is 11.7 Å². The number of carbonyl (C=O) groups is 3.